The maximum absolute atomic E-state index is 4.43. The van der Waals surface area contributed by atoms with Crippen LogP contribution >= 0.6 is 15.9 Å². The Hall–Kier alpha value is -1.62. The van der Waals surface area contributed by atoms with Crippen LogP contribution in [0.5, 0.6) is 0 Å². The highest BCUT2D eigenvalue weighted by Gasteiger charge is 2.11. The molecule has 1 aromatic carbocycles. The van der Waals surface area contributed by atoms with Gasteiger partial charge in [0.25, 0.3) is 5.78 Å². The van der Waals surface area contributed by atoms with E-state index in [0.29, 0.717) is 5.78 Å². The van der Waals surface area contributed by atoms with Crippen molar-refractivity contribution in [1.82, 2.24) is 19.6 Å². The quantitative estimate of drug-likeness (QED) is 0.743. The number of halogens is 1. The molecule has 0 amide bonds. The van der Waals surface area contributed by atoms with E-state index < -0.39 is 0 Å². The van der Waals surface area contributed by atoms with E-state index in [1.807, 2.05) is 41.8 Å². The molecule has 5 heteroatoms. The molecule has 1 N–H and O–H groups in total. The van der Waals surface area contributed by atoms with E-state index in [1.54, 1.807) is 0 Å². The summed E-state index contributed by atoms with van der Waals surface area (Å²) >= 11 is 3.47. The van der Waals surface area contributed by atoms with Crippen molar-refractivity contribution in [2.75, 3.05) is 0 Å². The maximum Gasteiger partial charge on any atom is 0.252 e. The molecule has 2 aromatic heterocycles. The van der Waals surface area contributed by atoms with E-state index in [4.69, 9.17) is 0 Å². The largest absolute Gasteiger partial charge is 0.273 e. The highest BCUT2D eigenvalue weighted by molar-refractivity contribution is 9.10. The molecule has 0 aliphatic carbocycles. The summed E-state index contributed by atoms with van der Waals surface area (Å²) in [6.07, 6.45) is 0. The molecule has 0 unspecified atom stereocenters. The fourth-order valence-electron chi connectivity index (χ4n) is 1.63. The number of hydrogen-bond donors (Lipinski definition) is 1. The van der Waals surface area contributed by atoms with Crippen LogP contribution in [-0.2, 0) is 0 Å². The molecule has 80 valence electrons. The topological polar surface area (TPSA) is 46.0 Å². The van der Waals surface area contributed by atoms with Crippen LogP contribution in [0.3, 0.4) is 0 Å². The second kappa shape index (κ2) is 3.45. The van der Waals surface area contributed by atoms with Gasteiger partial charge in [-0.2, -0.15) is 4.98 Å². The molecule has 0 aliphatic heterocycles. The van der Waals surface area contributed by atoms with Crippen LogP contribution in [0.1, 0.15) is 5.69 Å². The fourth-order valence-corrected chi connectivity index (χ4v) is 1.96. The van der Waals surface area contributed by atoms with Crippen molar-refractivity contribution < 1.29 is 0 Å². The molecule has 0 aliphatic rings. The standard InChI is InChI=1S/C11H9BrN4/c1-7-9(12)16-11(13-7)14-10(15-16)8-5-3-2-4-6-8/h2-6H,1H3,(H,13,14,15). The first kappa shape index (κ1) is 9.59. The number of imidazole rings is 1. The van der Waals surface area contributed by atoms with E-state index in [2.05, 4.69) is 31.0 Å². The van der Waals surface area contributed by atoms with E-state index in [9.17, 15) is 0 Å². The minimum atomic E-state index is 0.684. The van der Waals surface area contributed by atoms with Gasteiger partial charge in [0.15, 0.2) is 5.82 Å². The Bertz CT molecular complexity index is 639. The second-order valence-electron chi connectivity index (χ2n) is 3.56. The molecule has 0 atom stereocenters. The first-order valence-electron chi connectivity index (χ1n) is 4.91. The Balaban J connectivity index is 2.20. The Morgan fingerprint density at radius 1 is 1.19 bits per heavy atom. The summed E-state index contributed by atoms with van der Waals surface area (Å²) in [5, 5.41) is 3.20. The first-order chi connectivity index (χ1) is 7.75. The number of rotatable bonds is 1. The highest BCUT2D eigenvalue weighted by atomic mass is 79.9. The molecule has 0 spiro atoms. The first-order valence-corrected chi connectivity index (χ1v) is 5.71. The third kappa shape index (κ3) is 1.36. The van der Waals surface area contributed by atoms with Crippen molar-refractivity contribution in [3.05, 3.63) is 40.6 Å². The average molecular weight is 277 g/mol. The molecule has 2 heterocycles. The number of aromatic nitrogens is 4. The lowest BCUT2D eigenvalue weighted by atomic mass is 10.2. The summed E-state index contributed by atoms with van der Waals surface area (Å²) in [5.41, 5.74) is 1.98. The summed E-state index contributed by atoms with van der Waals surface area (Å²) < 4.78 is 2.75. The summed E-state index contributed by atoms with van der Waals surface area (Å²) in [6.45, 7) is 1.94. The lowest BCUT2D eigenvalue weighted by molar-refractivity contribution is 0.950. The highest BCUT2D eigenvalue weighted by Crippen LogP contribution is 2.20. The van der Waals surface area contributed by atoms with Gasteiger partial charge in [-0.15, -0.1) is 0 Å². The lowest BCUT2D eigenvalue weighted by Crippen LogP contribution is -1.85. The van der Waals surface area contributed by atoms with Crippen molar-refractivity contribution in [2.24, 2.45) is 0 Å². The van der Waals surface area contributed by atoms with Crippen LogP contribution in [0.2, 0.25) is 0 Å². The van der Waals surface area contributed by atoms with Gasteiger partial charge in [0, 0.05) is 5.56 Å². The lowest BCUT2D eigenvalue weighted by Gasteiger charge is -1.94. The molecular weight excluding hydrogens is 268 g/mol. The van der Waals surface area contributed by atoms with Gasteiger partial charge in [-0.05, 0) is 22.9 Å². The molecule has 3 rings (SSSR count). The molecule has 0 bridgehead atoms. The summed E-state index contributed by atoms with van der Waals surface area (Å²) in [7, 11) is 0. The number of benzene rings is 1. The Morgan fingerprint density at radius 2 is 1.94 bits per heavy atom. The van der Waals surface area contributed by atoms with E-state index in [1.165, 1.54) is 0 Å². The number of H-pyrrole nitrogens is 1. The zero-order valence-corrected chi connectivity index (χ0v) is 10.2. The molecule has 4 nitrogen and oxygen atoms in total. The molecule has 16 heavy (non-hydrogen) atoms. The van der Waals surface area contributed by atoms with Crippen LogP contribution in [0.4, 0.5) is 0 Å². The van der Waals surface area contributed by atoms with Gasteiger partial charge < -0.3 is 0 Å². The van der Waals surface area contributed by atoms with Gasteiger partial charge in [-0.1, -0.05) is 30.3 Å². The normalized spacial score (nSPS) is 11.1. The van der Waals surface area contributed by atoms with Crippen LogP contribution in [-0.4, -0.2) is 19.6 Å². The zero-order chi connectivity index (χ0) is 11.1. The van der Waals surface area contributed by atoms with Crippen molar-refractivity contribution in [3.63, 3.8) is 0 Å². The monoisotopic (exact) mass is 276 g/mol. The average Bonchev–Trinajstić information content (AvgIpc) is 2.82. The fraction of sp³-hybridized carbons (Fsp3) is 0.0909. The molecule has 0 saturated heterocycles. The van der Waals surface area contributed by atoms with Crippen LogP contribution < -0.4 is 0 Å². The van der Waals surface area contributed by atoms with E-state index >= 15 is 0 Å². The predicted octanol–water partition coefficient (Wildman–Crippen LogP) is 2.80. The van der Waals surface area contributed by atoms with Gasteiger partial charge in [0.2, 0.25) is 0 Å². The number of nitrogens with zero attached hydrogens (tertiary/aromatic N) is 3. The Kier molecular flexibility index (Phi) is 2.07. The van der Waals surface area contributed by atoms with Crippen LogP contribution in [0, 0.1) is 6.92 Å². The van der Waals surface area contributed by atoms with E-state index in [-0.39, 0.29) is 0 Å². The molecule has 0 saturated carbocycles. The van der Waals surface area contributed by atoms with Crippen molar-refractivity contribution in [3.8, 4) is 11.4 Å². The minimum absolute atomic E-state index is 0.684. The number of hydrogen-bond acceptors (Lipinski definition) is 2. The van der Waals surface area contributed by atoms with Crippen molar-refractivity contribution >= 4 is 21.7 Å². The number of nitrogens with one attached hydrogen (secondary N) is 1. The zero-order valence-electron chi connectivity index (χ0n) is 8.61. The maximum atomic E-state index is 4.43. The van der Waals surface area contributed by atoms with E-state index in [0.717, 1.165) is 21.7 Å². The second-order valence-corrected chi connectivity index (χ2v) is 4.31. The number of aryl methyl sites for hydroxylation is 1. The minimum Gasteiger partial charge on any atom is -0.273 e. The van der Waals surface area contributed by atoms with Crippen LogP contribution in [0.25, 0.3) is 17.2 Å². The van der Waals surface area contributed by atoms with Crippen molar-refractivity contribution in [2.45, 2.75) is 6.92 Å². The van der Waals surface area contributed by atoms with Gasteiger partial charge in [0.1, 0.15) is 4.60 Å². The summed E-state index contributed by atoms with van der Waals surface area (Å²) in [5.74, 6) is 1.51. The Labute approximate surface area is 100 Å². The van der Waals surface area contributed by atoms with Gasteiger partial charge in [0.05, 0.1) is 5.69 Å². The number of aromatic amines is 1. The smallest absolute Gasteiger partial charge is 0.252 e. The summed E-state index contributed by atoms with van der Waals surface area (Å²) in [4.78, 5) is 8.76. The number of fused-ring (bicyclic) bond motifs is 1. The molecule has 0 radical (unpaired) electrons. The summed E-state index contributed by atoms with van der Waals surface area (Å²) in [6, 6.07) is 9.98. The van der Waals surface area contributed by atoms with Gasteiger partial charge in [-0.25, -0.2) is 9.50 Å². The third-order valence-electron chi connectivity index (χ3n) is 2.44. The van der Waals surface area contributed by atoms with Crippen molar-refractivity contribution in [1.29, 1.82) is 0 Å². The van der Waals surface area contributed by atoms with Gasteiger partial charge in [-0.3, -0.25) is 5.10 Å². The molecular formula is C11H9BrN4. The third-order valence-corrected chi connectivity index (χ3v) is 3.37. The SMILES string of the molecule is Cc1nc2nc(-c3ccccc3)[nH]n2c1Br. The molecule has 0 fully saturated rings. The van der Waals surface area contributed by atoms with Gasteiger partial charge >= 0.3 is 0 Å². The molecule has 3 aromatic rings. The predicted molar refractivity (Wildman–Crippen MR) is 65.2 cm³/mol. The van der Waals surface area contributed by atoms with Crippen LogP contribution in [0.15, 0.2) is 34.9 Å². The Morgan fingerprint density at radius 3 is 2.62 bits per heavy atom.